The predicted octanol–water partition coefficient (Wildman–Crippen LogP) is 3.14. The molecule has 7 heteroatoms. The Labute approximate surface area is 153 Å². The van der Waals surface area contributed by atoms with E-state index in [1.807, 2.05) is 13.8 Å². The molecular weight excluding hydrogens is 352 g/mol. The fourth-order valence-corrected chi connectivity index (χ4v) is 4.28. The van der Waals surface area contributed by atoms with Crippen molar-refractivity contribution in [3.63, 3.8) is 0 Å². The molecule has 0 fully saturated rings. The van der Waals surface area contributed by atoms with Crippen LogP contribution in [0.2, 0.25) is 0 Å². The first kappa shape index (κ1) is 18.3. The molecule has 2 aromatic rings. The van der Waals surface area contributed by atoms with E-state index >= 15 is 0 Å². The lowest BCUT2D eigenvalue weighted by Crippen LogP contribution is -2.31. The Balaban J connectivity index is 1.98. The molecule has 3 rings (SSSR count). The van der Waals surface area contributed by atoms with Crippen LogP contribution in [0.3, 0.4) is 0 Å². The topological polar surface area (TPSA) is 75.7 Å². The minimum absolute atomic E-state index is 0.0538. The molecule has 1 N–H and O–H groups in total. The Bertz CT molecular complexity index is 967. The largest absolute Gasteiger partial charge is 0.497 e. The molecule has 1 aliphatic heterocycles. The SMILES string of the molecule is COc1cccc(NS(=O)(=O)c2ccc3c(c2)C(C)(C)CN3C(C)=O)c1. The second kappa shape index (κ2) is 6.32. The molecule has 1 aliphatic rings. The second-order valence-corrected chi connectivity index (χ2v) is 8.69. The molecule has 0 bridgehead atoms. The van der Waals surface area contributed by atoms with Gasteiger partial charge in [-0.05, 0) is 35.9 Å². The number of nitrogens with zero attached hydrogens (tertiary/aromatic N) is 1. The van der Waals surface area contributed by atoms with Gasteiger partial charge in [-0.3, -0.25) is 9.52 Å². The highest BCUT2D eigenvalue weighted by Crippen LogP contribution is 2.41. The number of methoxy groups -OCH3 is 1. The quantitative estimate of drug-likeness (QED) is 0.892. The van der Waals surface area contributed by atoms with E-state index in [9.17, 15) is 13.2 Å². The van der Waals surface area contributed by atoms with Gasteiger partial charge in [0.1, 0.15) is 5.75 Å². The number of benzene rings is 2. The van der Waals surface area contributed by atoms with E-state index in [1.54, 1.807) is 41.3 Å². The summed E-state index contributed by atoms with van der Waals surface area (Å²) in [4.78, 5) is 13.7. The van der Waals surface area contributed by atoms with Gasteiger partial charge in [0.25, 0.3) is 10.0 Å². The summed E-state index contributed by atoms with van der Waals surface area (Å²) in [7, 11) is -2.23. The summed E-state index contributed by atoms with van der Waals surface area (Å²) in [5.41, 5.74) is 1.72. The maximum absolute atomic E-state index is 12.8. The number of carbonyl (C=O) groups is 1. The first-order chi connectivity index (χ1) is 12.1. The molecule has 26 heavy (non-hydrogen) atoms. The van der Waals surface area contributed by atoms with Gasteiger partial charge in [0, 0.05) is 30.6 Å². The average Bonchev–Trinajstić information content (AvgIpc) is 2.86. The fraction of sp³-hybridized carbons (Fsp3) is 0.316. The number of amides is 1. The van der Waals surface area contributed by atoms with Crippen LogP contribution in [-0.4, -0.2) is 28.0 Å². The molecule has 0 aromatic heterocycles. The molecule has 0 unspecified atom stereocenters. The zero-order valence-corrected chi connectivity index (χ0v) is 16.1. The van der Waals surface area contributed by atoms with Crippen molar-refractivity contribution >= 4 is 27.3 Å². The van der Waals surface area contributed by atoms with E-state index in [-0.39, 0.29) is 16.2 Å². The minimum Gasteiger partial charge on any atom is -0.497 e. The molecule has 0 aliphatic carbocycles. The van der Waals surface area contributed by atoms with Crippen molar-refractivity contribution in [3.05, 3.63) is 48.0 Å². The molecule has 0 saturated heterocycles. The molecule has 0 spiro atoms. The van der Waals surface area contributed by atoms with Crippen LogP contribution >= 0.6 is 0 Å². The van der Waals surface area contributed by atoms with Crippen molar-refractivity contribution in [1.29, 1.82) is 0 Å². The van der Waals surface area contributed by atoms with Crippen molar-refractivity contribution < 1.29 is 17.9 Å². The van der Waals surface area contributed by atoms with E-state index in [0.29, 0.717) is 18.0 Å². The Morgan fingerprint density at radius 2 is 1.92 bits per heavy atom. The van der Waals surface area contributed by atoms with E-state index in [0.717, 1.165) is 11.3 Å². The lowest BCUT2D eigenvalue weighted by atomic mass is 9.87. The third-order valence-electron chi connectivity index (χ3n) is 4.55. The van der Waals surface area contributed by atoms with Crippen LogP contribution in [0.5, 0.6) is 5.75 Å². The first-order valence-electron chi connectivity index (χ1n) is 8.23. The zero-order valence-electron chi connectivity index (χ0n) is 15.2. The summed E-state index contributed by atoms with van der Waals surface area (Å²) in [6, 6.07) is 11.6. The van der Waals surface area contributed by atoms with Gasteiger partial charge in [-0.2, -0.15) is 0 Å². The van der Waals surface area contributed by atoms with Gasteiger partial charge < -0.3 is 9.64 Å². The van der Waals surface area contributed by atoms with Crippen LogP contribution in [0.4, 0.5) is 11.4 Å². The highest BCUT2D eigenvalue weighted by Gasteiger charge is 2.37. The predicted molar refractivity (Wildman–Crippen MR) is 101 cm³/mol. The zero-order chi connectivity index (χ0) is 19.1. The Hall–Kier alpha value is -2.54. The van der Waals surface area contributed by atoms with Crippen LogP contribution in [0, 0.1) is 0 Å². The van der Waals surface area contributed by atoms with E-state index in [4.69, 9.17) is 4.74 Å². The number of rotatable bonds is 4. The first-order valence-corrected chi connectivity index (χ1v) is 9.72. The van der Waals surface area contributed by atoms with Gasteiger partial charge in [-0.1, -0.05) is 19.9 Å². The van der Waals surface area contributed by atoms with Crippen molar-refractivity contribution in [1.82, 2.24) is 0 Å². The molecule has 138 valence electrons. The number of ether oxygens (including phenoxy) is 1. The molecule has 1 heterocycles. The maximum atomic E-state index is 12.8. The summed E-state index contributed by atoms with van der Waals surface area (Å²) in [6.45, 7) is 6.05. The van der Waals surface area contributed by atoms with Gasteiger partial charge in [0.15, 0.2) is 0 Å². The number of carbonyl (C=O) groups excluding carboxylic acids is 1. The molecule has 6 nitrogen and oxygen atoms in total. The molecule has 0 atom stereocenters. The minimum atomic E-state index is -3.76. The fourth-order valence-electron chi connectivity index (χ4n) is 3.21. The Kier molecular flexibility index (Phi) is 4.44. The lowest BCUT2D eigenvalue weighted by molar-refractivity contribution is -0.116. The van der Waals surface area contributed by atoms with Gasteiger partial charge >= 0.3 is 0 Å². The number of anilines is 2. The van der Waals surface area contributed by atoms with Crippen LogP contribution in [0.25, 0.3) is 0 Å². The van der Waals surface area contributed by atoms with Gasteiger partial charge in [-0.25, -0.2) is 8.42 Å². The maximum Gasteiger partial charge on any atom is 0.261 e. The average molecular weight is 374 g/mol. The van der Waals surface area contributed by atoms with Crippen LogP contribution in [0.15, 0.2) is 47.4 Å². The van der Waals surface area contributed by atoms with E-state index < -0.39 is 10.0 Å². The van der Waals surface area contributed by atoms with E-state index in [2.05, 4.69) is 4.72 Å². The van der Waals surface area contributed by atoms with Crippen LogP contribution in [-0.2, 0) is 20.2 Å². The monoisotopic (exact) mass is 374 g/mol. The summed E-state index contributed by atoms with van der Waals surface area (Å²) >= 11 is 0. The summed E-state index contributed by atoms with van der Waals surface area (Å²) in [5, 5.41) is 0. The van der Waals surface area contributed by atoms with Crippen LogP contribution in [0.1, 0.15) is 26.3 Å². The Morgan fingerprint density at radius 1 is 1.19 bits per heavy atom. The third-order valence-corrected chi connectivity index (χ3v) is 5.93. The highest BCUT2D eigenvalue weighted by molar-refractivity contribution is 7.92. The number of hydrogen-bond donors (Lipinski definition) is 1. The van der Waals surface area contributed by atoms with Gasteiger partial charge in [0.05, 0.1) is 17.7 Å². The molecule has 1 amide bonds. The van der Waals surface area contributed by atoms with Crippen molar-refractivity contribution in [2.75, 3.05) is 23.3 Å². The summed E-state index contributed by atoms with van der Waals surface area (Å²) in [6.07, 6.45) is 0. The lowest BCUT2D eigenvalue weighted by Gasteiger charge is -2.19. The highest BCUT2D eigenvalue weighted by atomic mass is 32.2. The summed E-state index contributed by atoms with van der Waals surface area (Å²) in [5.74, 6) is 0.513. The molecular formula is C19H22N2O4S. The van der Waals surface area contributed by atoms with Crippen molar-refractivity contribution in [2.24, 2.45) is 0 Å². The number of fused-ring (bicyclic) bond motifs is 1. The Morgan fingerprint density at radius 3 is 2.58 bits per heavy atom. The number of nitrogens with one attached hydrogen (secondary N) is 1. The third kappa shape index (κ3) is 3.26. The molecule has 0 radical (unpaired) electrons. The molecule has 0 saturated carbocycles. The summed E-state index contributed by atoms with van der Waals surface area (Å²) < 4.78 is 33.3. The second-order valence-electron chi connectivity index (χ2n) is 7.01. The van der Waals surface area contributed by atoms with Crippen molar-refractivity contribution in [3.8, 4) is 5.75 Å². The van der Waals surface area contributed by atoms with Gasteiger partial charge in [-0.15, -0.1) is 0 Å². The number of sulfonamides is 1. The number of hydrogen-bond acceptors (Lipinski definition) is 4. The van der Waals surface area contributed by atoms with Crippen LogP contribution < -0.4 is 14.4 Å². The van der Waals surface area contributed by atoms with Gasteiger partial charge in [0.2, 0.25) is 5.91 Å². The smallest absolute Gasteiger partial charge is 0.261 e. The van der Waals surface area contributed by atoms with E-state index in [1.165, 1.54) is 20.1 Å². The normalized spacial score (nSPS) is 15.5. The standard InChI is InChI=1S/C19H22N2O4S/c1-13(22)21-12-19(2,3)17-11-16(8-9-18(17)21)26(23,24)20-14-6-5-7-15(10-14)25-4/h5-11,20H,12H2,1-4H3. The molecule has 2 aromatic carbocycles. The van der Waals surface area contributed by atoms with Crippen molar-refractivity contribution in [2.45, 2.75) is 31.1 Å².